The number of rotatable bonds is 4. The van der Waals surface area contributed by atoms with E-state index in [0.717, 1.165) is 10.2 Å². The van der Waals surface area contributed by atoms with Gasteiger partial charge in [-0.25, -0.2) is 0 Å². The summed E-state index contributed by atoms with van der Waals surface area (Å²) in [6.07, 6.45) is 0. The Morgan fingerprint density at radius 2 is 2.22 bits per heavy atom. The van der Waals surface area contributed by atoms with E-state index in [2.05, 4.69) is 21.2 Å². The van der Waals surface area contributed by atoms with E-state index in [9.17, 15) is 4.79 Å². The predicted octanol–water partition coefficient (Wildman–Crippen LogP) is 2.80. The highest BCUT2D eigenvalue weighted by atomic mass is 79.9. The van der Waals surface area contributed by atoms with Gasteiger partial charge in [-0.3, -0.25) is 4.79 Å². The zero-order valence-electron chi connectivity index (χ0n) is 9.44. The molecular weight excluding hydrogens is 314 g/mol. The monoisotopic (exact) mass is 325 g/mol. The first-order valence-electron chi connectivity index (χ1n) is 5.23. The lowest BCUT2D eigenvalue weighted by Crippen LogP contribution is -2.14. The number of primary amides is 1. The molecule has 0 unspecified atom stereocenters. The van der Waals surface area contributed by atoms with Crippen molar-refractivity contribution in [2.24, 2.45) is 5.73 Å². The molecular formula is C12H12BrN3OS. The van der Waals surface area contributed by atoms with E-state index < -0.39 is 5.91 Å². The number of hydrogen-bond acceptors (Lipinski definition) is 4. The second-order valence-electron chi connectivity index (χ2n) is 3.72. The number of nitrogens with one attached hydrogen (secondary N) is 1. The zero-order chi connectivity index (χ0) is 13.1. The van der Waals surface area contributed by atoms with Gasteiger partial charge in [-0.15, -0.1) is 11.3 Å². The Morgan fingerprint density at radius 1 is 1.44 bits per heavy atom. The summed E-state index contributed by atoms with van der Waals surface area (Å²) >= 11 is 5.04. The molecule has 1 heterocycles. The smallest absolute Gasteiger partial charge is 0.250 e. The van der Waals surface area contributed by atoms with Crippen LogP contribution in [0.1, 0.15) is 15.2 Å². The van der Waals surface area contributed by atoms with Crippen LogP contribution in [-0.4, -0.2) is 5.91 Å². The molecule has 2 aromatic rings. The molecule has 1 aromatic carbocycles. The van der Waals surface area contributed by atoms with E-state index >= 15 is 0 Å². The lowest BCUT2D eigenvalue weighted by Gasteiger charge is -2.10. The summed E-state index contributed by atoms with van der Waals surface area (Å²) in [5.41, 5.74) is 12.6. The van der Waals surface area contributed by atoms with Crippen molar-refractivity contribution >= 4 is 44.5 Å². The Labute approximate surface area is 117 Å². The zero-order valence-corrected chi connectivity index (χ0v) is 11.8. The van der Waals surface area contributed by atoms with E-state index in [1.165, 1.54) is 4.88 Å². The second-order valence-corrected chi connectivity index (χ2v) is 5.63. The van der Waals surface area contributed by atoms with Crippen molar-refractivity contribution in [1.29, 1.82) is 0 Å². The number of benzene rings is 1. The molecule has 0 saturated carbocycles. The van der Waals surface area contributed by atoms with Gasteiger partial charge in [0.1, 0.15) is 0 Å². The van der Waals surface area contributed by atoms with Gasteiger partial charge in [-0.05, 0) is 34.1 Å². The number of carbonyl (C=O) groups is 1. The summed E-state index contributed by atoms with van der Waals surface area (Å²) in [5, 5.41) is 5.21. The first kappa shape index (κ1) is 12.9. The maximum atomic E-state index is 11.2. The van der Waals surface area contributed by atoms with Gasteiger partial charge in [-0.1, -0.05) is 6.07 Å². The van der Waals surface area contributed by atoms with Crippen LogP contribution < -0.4 is 16.8 Å². The van der Waals surface area contributed by atoms with Crippen LogP contribution in [0.5, 0.6) is 0 Å². The summed E-state index contributed by atoms with van der Waals surface area (Å²) in [5.74, 6) is -0.519. The maximum Gasteiger partial charge on any atom is 0.250 e. The van der Waals surface area contributed by atoms with E-state index in [0.29, 0.717) is 17.8 Å². The van der Waals surface area contributed by atoms with Gasteiger partial charge < -0.3 is 16.8 Å². The molecule has 94 valence electrons. The molecule has 0 aliphatic heterocycles. The van der Waals surface area contributed by atoms with Crippen molar-refractivity contribution in [2.45, 2.75) is 6.54 Å². The lowest BCUT2D eigenvalue weighted by molar-refractivity contribution is 0.100. The average Bonchev–Trinajstić information content (AvgIpc) is 2.73. The van der Waals surface area contributed by atoms with E-state index in [4.69, 9.17) is 11.5 Å². The number of hydrogen-bond donors (Lipinski definition) is 3. The number of anilines is 2. The number of nitrogens with two attached hydrogens (primary N) is 2. The predicted molar refractivity (Wildman–Crippen MR) is 78.7 cm³/mol. The Morgan fingerprint density at radius 3 is 2.83 bits per heavy atom. The molecule has 0 bridgehead atoms. The van der Waals surface area contributed by atoms with Crippen LogP contribution in [0.4, 0.5) is 11.4 Å². The molecule has 0 radical (unpaired) electrons. The number of nitrogen functional groups attached to an aromatic ring is 1. The Balaban J connectivity index is 2.14. The fraction of sp³-hybridized carbons (Fsp3) is 0.0833. The summed E-state index contributed by atoms with van der Waals surface area (Å²) in [6, 6.07) is 7.23. The number of carbonyl (C=O) groups excluding carboxylic acids is 1. The maximum absolute atomic E-state index is 11.2. The van der Waals surface area contributed by atoms with Crippen LogP contribution in [0, 0.1) is 0 Å². The van der Waals surface area contributed by atoms with Crippen molar-refractivity contribution in [1.82, 2.24) is 0 Å². The van der Waals surface area contributed by atoms with Gasteiger partial charge in [0.25, 0.3) is 5.91 Å². The normalized spacial score (nSPS) is 10.3. The quantitative estimate of drug-likeness (QED) is 0.756. The summed E-state index contributed by atoms with van der Waals surface area (Å²) in [7, 11) is 0. The standard InChI is InChI=1S/C12H12BrN3OS/c13-7-4-8(18-6-7)5-16-10-3-1-2-9(11(10)14)12(15)17/h1-4,6,16H,5,14H2,(H2,15,17). The molecule has 18 heavy (non-hydrogen) atoms. The Kier molecular flexibility index (Phi) is 3.88. The molecule has 0 atom stereocenters. The molecule has 1 aromatic heterocycles. The minimum absolute atomic E-state index is 0.340. The van der Waals surface area contributed by atoms with Gasteiger partial charge >= 0.3 is 0 Å². The highest BCUT2D eigenvalue weighted by Gasteiger charge is 2.09. The first-order valence-corrected chi connectivity index (χ1v) is 6.90. The van der Waals surface area contributed by atoms with Gasteiger partial charge in [-0.2, -0.15) is 0 Å². The second kappa shape index (κ2) is 5.41. The van der Waals surface area contributed by atoms with Gasteiger partial charge in [0.05, 0.1) is 16.9 Å². The molecule has 1 amide bonds. The van der Waals surface area contributed by atoms with Crippen molar-refractivity contribution < 1.29 is 4.79 Å². The molecule has 0 spiro atoms. The summed E-state index contributed by atoms with van der Waals surface area (Å²) in [4.78, 5) is 12.3. The van der Waals surface area contributed by atoms with Crippen molar-refractivity contribution in [3.05, 3.63) is 44.6 Å². The SMILES string of the molecule is NC(=O)c1cccc(NCc2cc(Br)cs2)c1N. The molecule has 5 N–H and O–H groups in total. The average molecular weight is 326 g/mol. The first-order chi connectivity index (χ1) is 8.58. The van der Waals surface area contributed by atoms with Gasteiger partial charge in [0, 0.05) is 21.3 Å². The third kappa shape index (κ3) is 2.83. The van der Waals surface area contributed by atoms with Crippen LogP contribution in [-0.2, 0) is 6.54 Å². The molecule has 0 saturated heterocycles. The highest BCUT2D eigenvalue weighted by Crippen LogP contribution is 2.25. The third-order valence-electron chi connectivity index (χ3n) is 2.45. The molecule has 0 fully saturated rings. The largest absolute Gasteiger partial charge is 0.396 e. The van der Waals surface area contributed by atoms with Crippen LogP contribution in [0.3, 0.4) is 0 Å². The molecule has 4 nitrogen and oxygen atoms in total. The Hall–Kier alpha value is -1.53. The number of amides is 1. The molecule has 0 aliphatic carbocycles. The van der Waals surface area contributed by atoms with Crippen LogP contribution in [0.25, 0.3) is 0 Å². The summed E-state index contributed by atoms with van der Waals surface area (Å²) in [6.45, 7) is 0.655. The van der Waals surface area contributed by atoms with E-state index in [1.54, 1.807) is 23.5 Å². The fourth-order valence-corrected chi connectivity index (χ4v) is 2.95. The topological polar surface area (TPSA) is 81.1 Å². The van der Waals surface area contributed by atoms with Crippen LogP contribution in [0.15, 0.2) is 34.1 Å². The van der Waals surface area contributed by atoms with Gasteiger partial charge in [0.2, 0.25) is 0 Å². The molecule has 6 heteroatoms. The lowest BCUT2D eigenvalue weighted by atomic mass is 10.1. The van der Waals surface area contributed by atoms with E-state index in [1.807, 2.05) is 17.5 Å². The van der Waals surface area contributed by atoms with Crippen molar-refractivity contribution in [3.63, 3.8) is 0 Å². The summed E-state index contributed by atoms with van der Waals surface area (Å²) < 4.78 is 1.06. The number of para-hydroxylation sites is 1. The molecule has 0 aliphatic rings. The minimum Gasteiger partial charge on any atom is -0.396 e. The van der Waals surface area contributed by atoms with Gasteiger partial charge in [0.15, 0.2) is 0 Å². The van der Waals surface area contributed by atoms with Crippen molar-refractivity contribution in [2.75, 3.05) is 11.1 Å². The van der Waals surface area contributed by atoms with Crippen LogP contribution in [0.2, 0.25) is 0 Å². The van der Waals surface area contributed by atoms with Crippen molar-refractivity contribution in [3.8, 4) is 0 Å². The highest BCUT2D eigenvalue weighted by molar-refractivity contribution is 9.10. The van der Waals surface area contributed by atoms with E-state index in [-0.39, 0.29) is 0 Å². The fourth-order valence-electron chi connectivity index (χ4n) is 1.56. The number of halogens is 1. The number of thiophene rings is 1. The molecule has 2 rings (SSSR count). The Bertz CT molecular complexity index is 582. The van der Waals surface area contributed by atoms with Crippen LogP contribution >= 0.6 is 27.3 Å². The minimum atomic E-state index is -0.519. The third-order valence-corrected chi connectivity index (χ3v) is 4.14.